The number of unbranched alkanes of at least 4 members (excludes halogenated alkanes) is 1. The molecule has 0 aliphatic rings. The molecular formula is C13H20BrNO. The summed E-state index contributed by atoms with van der Waals surface area (Å²) in [5.41, 5.74) is 3.79. The van der Waals surface area contributed by atoms with E-state index >= 15 is 0 Å². The van der Waals surface area contributed by atoms with Crippen LogP contribution in [0.4, 0.5) is 5.69 Å². The molecule has 0 aromatic heterocycles. The fraction of sp³-hybridized carbons (Fsp3) is 0.538. The largest absolute Gasteiger partial charge is 0.385 e. The SMILES string of the molecule is COCCCCNc1c(C)cc(C)cc1Br. The van der Waals surface area contributed by atoms with Gasteiger partial charge in [0.2, 0.25) is 0 Å². The molecule has 0 heterocycles. The Morgan fingerprint density at radius 2 is 2.00 bits per heavy atom. The van der Waals surface area contributed by atoms with E-state index in [1.807, 2.05) is 0 Å². The number of ether oxygens (including phenoxy) is 1. The molecule has 0 fully saturated rings. The van der Waals surface area contributed by atoms with Crippen LogP contribution >= 0.6 is 15.9 Å². The Hall–Kier alpha value is -0.540. The van der Waals surface area contributed by atoms with Crippen LogP contribution in [0.2, 0.25) is 0 Å². The van der Waals surface area contributed by atoms with Crippen LogP contribution in [-0.4, -0.2) is 20.3 Å². The van der Waals surface area contributed by atoms with Crippen molar-refractivity contribution < 1.29 is 4.74 Å². The molecule has 0 radical (unpaired) electrons. The maximum atomic E-state index is 5.02. The Bertz CT molecular complexity index is 316. The summed E-state index contributed by atoms with van der Waals surface area (Å²) in [5.74, 6) is 0. The molecule has 1 aromatic rings. The number of halogens is 1. The molecule has 0 saturated carbocycles. The van der Waals surface area contributed by atoms with E-state index in [1.165, 1.54) is 16.8 Å². The molecule has 1 N–H and O–H groups in total. The van der Waals surface area contributed by atoms with Crippen LogP contribution in [0.15, 0.2) is 16.6 Å². The molecule has 1 aromatic carbocycles. The van der Waals surface area contributed by atoms with Crippen molar-refractivity contribution in [2.45, 2.75) is 26.7 Å². The average molecular weight is 286 g/mol. The summed E-state index contributed by atoms with van der Waals surface area (Å²) in [6, 6.07) is 4.34. The first-order valence-corrected chi connectivity index (χ1v) is 6.44. The zero-order chi connectivity index (χ0) is 12.0. The molecule has 0 atom stereocenters. The second-order valence-electron chi connectivity index (χ2n) is 4.07. The third kappa shape index (κ3) is 4.14. The van der Waals surface area contributed by atoms with Crippen LogP contribution in [0.5, 0.6) is 0 Å². The van der Waals surface area contributed by atoms with Crippen LogP contribution in [0.3, 0.4) is 0 Å². The van der Waals surface area contributed by atoms with Crippen LogP contribution < -0.4 is 5.32 Å². The van der Waals surface area contributed by atoms with Crippen molar-refractivity contribution in [3.05, 3.63) is 27.7 Å². The van der Waals surface area contributed by atoms with Gasteiger partial charge in [0.1, 0.15) is 0 Å². The number of benzene rings is 1. The number of methoxy groups -OCH3 is 1. The van der Waals surface area contributed by atoms with E-state index in [4.69, 9.17) is 4.74 Å². The lowest BCUT2D eigenvalue weighted by atomic mass is 10.1. The molecule has 0 amide bonds. The maximum absolute atomic E-state index is 5.02. The van der Waals surface area contributed by atoms with Gasteiger partial charge in [-0.2, -0.15) is 0 Å². The Morgan fingerprint density at radius 3 is 2.62 bits per heavy atom. The summed E-state index contributed by atoms with van der Waals surface area (Å²) in [7, 11) is 1.74. The monoisotopic (exact) mass is 285 g/mol. The summed E-state index contributed by atoms with van der Waals surface area (Å²) in [4.78, 5) is 0. The molecule has 0 unspecified atom stereocenters. The van der Waals surface area contributed by atoms with Crippen molar-refractivity contribution in [2.24, 2.45) is 0 Å². The smallest absolute Gasteiger partial charge is 0.0514 e. The quantitative estimate of drug-likeness (QED) is 0.801. The van der Waals surface area contributed by atoms with E-state index in [1.54, 1.807) is 7.11 Å². The first-order valence-electron chi connectivity index (χ1n) is 5.64. The Balaban J connectivity index is 2.47. The summed E-state index contributed by atoms with van der Waals surface area (Å²) < 4.78 is 6.17. The predicted octanol–water partition coefficient (Wildman–Crippen LogP) is 3.90. The summed E-state index contributed by atoms with van der Waals surface area (Å²) in [6.07, 6.45) is 2.24. The zero-order valence-corrected chi connectivity index (χ0v) is 11.9. The minimum absolute atomic E-state index is 0.843. The highest BCUT2D eigenvalue weighted by Crippen LogP contribution is 2.27. The number of nitrogens with one attached hydrogen (secondary N) is 1. The van der Waals surface area contributed by atoms with Gasteiger partial charge in [-0.3, -0.25) is 0 Å². The number of rotatable bonds is 6. The van der Waals surface area contributed by atoms with Crippen molar-refractivity contribution >= 4 is 21.6 Å². The normalized spacial score (nSPS) is 10.5. The van der Waals surface area contributed by atoms with Gasteiger partial charge in [-0.25, -0.2) is 0 Å². The van der Waals surface area contributed by atoms with Crippen molar-refractivity contribution in [3.8, 4) is 0 Å². The standard InChI is InChI=1S/C13H20BrNO/c1-10-8-11(2)13(12(14)9-10)15-6-4-5-7-16-3/h8-9,15H,4-7H2,1-3H3. The van der Waals surface area contributed by atoms with Gasteiger partial charge in [0, 0.05) is 24.7 Å². The highest BCUT2D eigenvalue weighted by Gasteiger charge is 2.03. The van der Waals surface area contributed by atoms with Gasteiger partial charge < -0.3 is 10.1 Å². The Labute approximate surface area is 107 Å². The van der Waals surface area contributed by atoms with E-state index in [0.29, 0.717) is 0 Å². The van der Waals surface area contributed by atoms with Crippen molar-refractivity contribution in [1.29, 1.82) is 0 Å². The van der Waals surface area contributed by atoms with Gasteiger partial charge >= 0.3 is 0 Å². The zero-order valence-electron chi connectivity index (χ0n) is 10.3. The molecule has 2 nitrogen and oxygen atoms in total. The van der Waals surface area contributed by atoms with Crippen molar-refractivity contribution in [3.63, 3.8) is 0 Å². The lowest BCUT2D eigenvalue weighted by molar-refractivity contribution is 0.194. The molecular weight excluding hydrogens is 266 g/mol. The maximum Gasteiger partial charge on any atom is 0.0514 e. The lowest BCUT2D eigenvalue weighted by Crippen LogP contribution is -2.05. The van der Waals surface area contributed by atoms with E-state index in [9.17, 15) is 0 Å². The molecule has 90 valence electrons. The minimum atomic E-state index is 0.843. The lowest BCUT2D eigenvalue weighted by Gasteiger charge is -2.12. The third-order valence-corrected chi connectivity index (χ3v) is 3.13. The molecule has 0 aliphatic heterocycles. The molecule has 0 saturated heterocycles. The molecule has 16 heavy (non-hydrogen) atoms. The first kappa shape index (κ1) is 13.5. The highest BCUT2D eigenvalue weighted by atomic mass is 79.9. The first-order chi connectivity index (χ1) is 7.65. The fourth-order valence-electron chi connectivity index (χ4n) is 1.72. The van der Waals surface area contributed by atoms with Crippen molar-refractivity contribution in [1.82, 2.24) is 0 Å². The second-order valence-corrected chi connectivity index (χ2v) is 4.92. The second kappa shape index (κ2) is 6.92. The van der Waals surface area contributed by atoms with E-state index in [-0.39, 0.29) is 0 Å². The fourth-order valence-corrected chi connectivity index (χ4v) is 2.54. The number of hydrogen-bond donors (Lipinski definition) is 1. The van der Waals surface area contributed by atoms with Gasteiger partial charge in [-0.1, -0.05) is 6.07 Å². The predicted molar refractivity (Wildman–Crippen MR) is 73.2 cm³/mol. The van der Waals surface area contributed by atoms with Gasteiger partial charge in [0.25, 0.3) is 0 Å². The van der Waals surface area contributed by atoms with Crippen LogP contribution in [0.1, 0.15) is 24.0 Å². The highest BCUT2D eigenvalue weighted by molar-refractivity contribution is 9.10. The third-order valence-electron chi connectivity index (χ3n) is 2.51. The van der Waals surface area contributed by atoms with Gasteiger partial charge in [0.05, 0.1) is 5.69 Å². The van der Waals surface area contributed by atoms with Gasteiger partial charge in [-0.05, 0) is 59.8 Å². The van der Waals surface area contributed by atoms with Gasteiger partial charge in [-0.15, -0.1) is 0 Å². The average Bonchev–Trinajstić information content (AvgIpc) is 2.20. The number of aryl methyl sites for hydroxylation is 2. The molecule has 0 spiro atoms. The Morgan fingerprint density at radius 1 is 1.25 bits per heavy atom. The topological polar surface area (TPSA) is 21.3 Å². The summed E-state index contributed by atoms with van der Waals surface area (Å²) in [6.45, 7) is 6.08. The van der Waals surface area contributed by atoms with E-state index in [0.717, 1.165) is 30.5 Å². The molecule has 3 heteroatoms. The Kier molecular flexibility index (Phi) is 5.85. The van der Waals surface area contributed by atoms with Crippen molar-refractivity contribution in [2.75, 3.05) is 25.6 Å². The molecule has 1 rings (SSSR count). The number of hydrogen-bond acceptors (Lipinski definition) is 2. The summed E-state index contributed by atoms with van der Waals surface area (Å²) >= 11 is 3.59. The van der Waals surface area contributed by atoms with Crippen LogP contribution in [0.25, 0.3) is 0 Å². The van der Waals surface area contributed by atoms with Crippen LogP contribution in [-0.2, 0) is 4.74 Å². The van der Waals surface area contributed by atoms with E-state index < -0.39 is 0 Å². The van der Waals surface area contributed by atoms with E-state index in [2.05, 4.69) is 47.2 Å². The molecule has 0 bridgehead atoms. The minimum Gasteiger partial charge on any atom is -0.385 e. The number of anilines is 1. The molecule has 0 aliphatic carbocycles. The van der Waals surface area contributed by atoms with Gasteiger partial charge in [0.15, 0.2) is 0 Å². The summed E-state index contributed by atoms with van der Waals surface area (Å²) in [5, 5.41) is 3.46. The van der Waals surface area contributed by atoms with Crippen LogP contribution in [0, 0.1) is 13.8 Å².